The van der Waals surface area contributed by atoms with Crippen LogP contribution in [-0.2, 0) is 18.4 Å². The molecule has 36 heavy (non-hydrogen) atoms. The Morgan fingerprint density at radius 1 is 1.06 bits per heavy atom. The van der Waals surface area contributed by atoms with Crippen molar-refractivity contribution in [1.29, 1.82) is 0 Å². The number of nitrogens with zero attached hydrogens (tertiary/aromatic N) is 8. The topological polar surface area (TPSA) is 102 Å². The zero-order chi connectivity index (χ0) is 25.6. The van der Waals surface area contributed by atoms with E-state index in [9.17, 15) is 9.59 Å². The fourth-order valence-corrected chi connectivity index (χ4v) is 4.79. The zero-order valence-electron chi connectivity index (χ0n) is 21.3. The standard InChI is InChI=1S/C26H30N8O2/c1-16-6-7-17(2)29-23(16)15-34-24-21(25(36)31(34)5)8-9-22(30-24)20-12-27-26(28-13-20)32-10-11-33(19(4)35)18(3)14-32/h6-9,12-13,18H,10-11,14-15H2,1-5H3/t18-/m1/s1. The number of carbonyl (C=O) groups is 1. The van der Waals surface area contributed by atoms with Crippen molar-refractivity contribution in [3.05, 3.63) is 64.0 Å². The Labute approximate surface area is 209 Å². The molecule has 0 spiro atoms. The fourth-order valence-electron chi connectivity index (χ4n) is 4.79. The normalized spacial score (nSPS) is 16.1. The summed E-state index contributed by atoms with van der Waals surface area (Å²) in [6, 6.07) is 7.76. The maximum atomic E-state index is 12.9. The van der Waals surface area contributed by atoms with E-state index in [0.717, 1.165) is 22.5 Å². The molecule has 0 radical (unpaired) electrons. The minimum Gasteiger partial charge on any atom is -0.337 e. The number of pyridine rings is 2. The minimum atomic E-state index is -0.0974. The molecular formula is C26H30N8O2. The summed E-state index contributed by atoms with van der Waals surface area (Å²) < 4.78 is 3.45. The van der Waals surface area contributed by atoms with Crippen LogP contribution in [0.4, 0.5) is 5.95 Å². The molecular weight excluding hydrogens is 456 g/mol. The number of amides is 1. The summed E-state index contributed by atoms with van der Waals surface area (Å²) in [5.74, 6) is 0.722. The van der Waals surface area contributed by atoms with E-state index in [1.807, 2.05) is 54.6 Å². The van der Waals surface area contributed by atoms with E-state index >= 15 is 0 Å². The largest absolute Gasteiger partial charge is 0.337 e. The lowest BCUT2D eigenvalue weighted by atomic mass is 10.2. The molecule has 0 saturated carbocycles. The van der Waals surface area contributed by atoms with Gasteiger partial charge >= 0.3 is 0 Å². The number of hydrogen-bond donors (Lipinski definition) is 0. The van der Waals surface area contributed by atoms with Gasteiger partial charge in [0, 0.05) is 63.3 Å². The summed E-state index contributed by atoms with van der Waals surface area (Å²) in [6.45, 7) is 10.1. The number of aryl methyl sites for hydroxylation is 2. The molecule has 10 heteroatoms. The number of aromatic nitrogens is 6. The summed E-state index contributed by atoms with van der Waals surface area (Å²) >= 11 is 0. The molecule has 10 nitrogen and oxygen atoms in total. The SMILES string of the molecule is CC(=O)N1CCN(c2ncc(-c3ccc4c(=O)n(C)n(Cc5nc(C)ccc5C)c4n3)cn2)C[C@H]1C. The predicted molar refractivity (Wildman–Crippen MR) is 138 cm³/mol. The van der Waals surface area contributed by atoms with Gasteiger partial charge in [0.25, 0.3) is 5.56 Å². The average Bonchev–Trinajstić information content (AvgIpc) is 3.10. The third kappa shape index (κ3) is 4.23. The lowest BCUT2D eigenvalue weighted by Crippen LogP contribution is -2.53. The van der Waals surface area contributed by atoms with Crippen molar-refractivity contribution in [2.75, 3.05) is 24.5 Å². The lowest BCUT2D eigenvalue weighted by Gasteiger charge is -2.39. The van der Waals surface area contributed by atoms with Gasteiger partial charge in [-0.05, 0) is 44.5 Å². The highest BCUT2D eigenvalue weighted by molar-refractivity contribution is 5.78. The molecule has 0 unspecified atom stereocenters. The quantitative estimate of drug-likeness (QED) is 0.436. The summed E-state index contributed by atoms with van der Waals surface area (Å²) in [5, 5.41) is 0.557. The molecule has 0 bridgehead atoms. The van der Waals surface area contributed by atoms with Crippen molar-refractivity contribution >= 4 is 22.9 Å². The summed E-state index contributed by atoms with van der Waals surface area (Å²) in [7, 11) is 1.75. The fraction of sp³-hybridized carbons (Fsp3) is 0.385. The number of fused-ring (bicyclic) bond motifs is 1. The van der Waals surface area contributed by atoms with Gasteiger partial charge in [-0.3, -0.25) is 23.9 Å². The van der Waals surface area contributed by atoms with Crippen molar-refractivity contribution in [2.24, 2.45) is 7.05 Å². The first-order valence-electron chi connectivity index (χ1n) is 12.1. The summed E-state index contributed by atoms with van der Waals surface area (Å²) in [6.07, 6.45) is 3.52. The van der Waals surface area contributed by atoms with Crippen molar-refractivity contribution < 1.29 is 4.79 Å². The van der Waals surface area contributed by atoms with Gasteiger partial charge in [-0.1, -0.05) is 6.07 Å². The second kappa shape index (κ2) is 9.18. The average molecular weight is 487 g/mol. The zero-order valence-corrected chi connectivity index (χ0v) is 21.3. The molecule has 0 aliphatic carbocycles. The molecule has 5 rings (SSSR count). The van der Waals surface area contributed by atoms with Crippen LogP contribution in [0.1, 0.15) is 30.8 Å². The van der Waals surface area contributed by atoms with Crippen LogP contribution >= 0.6 is 0 Å². The van der Waals surface area contributed by atoms with Gasteiger partial charge in [-0.2, -0.15) is 0 Å². The van der Waals surface area contributed by atoms with Gasteiger partial charge in [0.15, 0.2) is 5.65 Å². The van der Waals surface area contributed by atoms with Crippen LogP contribution < -0.4 is 10.5 Å². The van der Waals surface area contributed by atoms with Gasteiger partial charge < -0.3 is 9.80 Å². The Bertz CT molecular complexity index is 1510. The van der Waals surface area contributed by atoms with Crippen LogP contribution in [-0.4, -0.2) is 65.8 Å². The first-order chi connectivity index (χ1) is 17.2. The van der Waals surface area contributed by atoms with E-state index < -0.39 is 0 Å². The smallest absolute Gasteiger partial charge is 0.275 e. The first-order valence-corrected chi connectivity index (χ1v) is 12.1. The number of carbonyl (C=O) groups excluding carboxylic acids is 1. The van der Waals surface area contributed by atoms with E-state index in [4.69, 9.17) is 4.98 Å². The molecule has 186 valence electrons. The van der Waals surface area contributed by atoms with E-state index in [0.29, 0.717) is 48.9 Å². The molecule has 1 aliphatic heterocycles. The third-order valence-corrected chi connectivity index (χ3v) is 6.90. The maximum Gasteiger partial charge on any atom is 0.275 e. The van der Waals surface area contributed by atoms with Crippen molar-refractivity contribution in [1.82, 2.24) is 34.2 Å². The summed E-state index contributed by atoms with van der Waals surface area (Å²) in [4.78, 5) is 47.3. The van der Waals surface area contributed by atoms with Crippen LogP contribution in [0.2, 0.25) is 0 Å². The highest BCUT2D eigenvalue weighted by Crippen LogP contribution is 2.22. The highest BCUT2D eigenvalue weighted by atomic mass is 16.2. The van der Waals surface area contributed by atoms with E-state index in [-0.39, 0.29) is 17.5 Å². The van der Waals surface area contributed by atoms with Crippen molar-refractivity contribution in [2.45, 2.75) is 40.3 Å². The molecule has 0 N–H and O–H groups in total. The lowest BCUT2D eigenvalue weighted by molar-refractivity contribution is -0.131. The number of anilines is 1. The van der Waals surface area contributed by atoms with Crippen LogP contribution in [0.15, 0.2) is 41.5 Å². The molecule has 1 atom stereocenters. The third-order valence-electron chi connectivity index (χ3n) is 6.90. The van der Waals surface area contributed by atoms with E-state index in [1.54, 1.807) is 31.0 Å². The van der Waals surface area contributed by atoms with Crippen LogP contribution in [0, 0.1) is 13.8 Å². The Balaban J connectivity index is 1.45. The highest BCUT2D eigenvalue weighted by Gasteiger charge is 2.26. The van der Waals surface area contributed by atoms with E-state index in [2.05, 4.69) is 19.9 Å². The monoisotopic (exact) mass is 486 g/mol. The van der Waals surface area contributed by atoms with Gasteiger partial charge in [0.05, 0.1) is 23.3 Å². The van der Waals surface area contributed by atoms with Crippen molar-refractivity contribution in [3.8, 4) is 11.3 Å². The maximum absolute atomic E-state index is 12.9. The Hall–Kier alpha value is -4.08. The Kier molecular flexibility index (Phi) is 6.03. The molecule has 4 aromatic heterocycles. The van der Waals surface area contributed by atoms with Crippen LogP contribution in [0.3, 0.4) is 0 Å². The minimum absolute atomic E-state index is 0.0904. The first kappa shape index (κ1) is 23.7. The molecule has 1 aliphatic rings. The number of rotatable bonds is 4. The molecule has 4 aromatic rings. The van der Waals surface area contributed by atoms with Gasteiger partial charge in [-0.15, -0.1) is 0 Å². The molecule has 1 amide bonds. The predicted octanol–water partition coefficient (Wildman–Crippen LogP) is 2.31. The second-order valence-electron chi connectivity index (χ2n) is 9.45. The van der Waals surface area contributed by atoms with Crippen LogP contribution in [0.5, 0.6) is 0 Å². The van der Waals surface area contributed by atoms with Gasteiger partial charge in [0.1, 0.15) is 0 Å². The number of hydrogen-bond acceptors (Lipinski definition) is 7. The molecule has 1 saturated heterocycles. The Morgan fingerprint density at radius 3 is 2.50 bits per heavy atom. The molecule has 5 heterocycles. The van der Waals surface area contributed by atoms with Crippen molar-refractivity contribution in [3.63, 3.8) is 0 Å². The van der Waals surface area contributed by atoms with Crippen LogP contribution in [0.25, 0.3) is 22.3 Å². The molecule has 1 fully saturated rings. The van der Waals surface area contributed by atoms with Gasteiger partial charge in [0.2, 0.25) is 11.9 Å². The number of piperazine rings is 1. The Morgan fingerprint density at radius 2 is 1.81 bits per heavy atom. The second-order valence-corrected chi connectivity index (χ2v) is 9.45. The molecule has 0 aromatic carbocycles. The summed E-state index contributed by atoms with van der Waals surface area (Å²) in [5.41, 5.74) is 4.86. The van der Waals surface area contributed by atoms with Gasteiger partial charge in [-0.25, -0.2) is 15.0 Å². The van der Waals surface area contributed by atoms with E-state index in [1.165, 1.54) is 0 Å².